The lowest BCUT2D eigenvalue weighted by Crippen LogP contribution is -2.11. The van der Waals surface area contributed by atoms with E-state index in [2.05, 4.69) is 32.4 Å². The highest BCUT2D eigenvalue weighted by molar-refractivity contribution is 14.1. The summed E-state index contributed by atoms with van der Waals surface area (Å²) in [5.41, 5.74) is 0.522. The quantitative estimate of drug-likeness (QED) is 0.629. The first-order chi connectivity index (χ1) is 6.19. The van der Waals surface area contributed by atoms with E-state index in [0.29, 0.717) is 5.69 Å². The first-order valence-electron chi connectivity index (χ1n) is 4.00. The molecule has 0 aliphatic heterocycles. The molecule has 0 aliphatic carbocycles. The Kier molecular flexibility index (Phi) is 3.71. The summed E-state index contributed by atoms with van der Waals surface area (Å²) >= 11 is 2.08. The van der Waals surface area contributed by atoms with E-state index in [9.17, 15) is 4.79 Å². The van der Waals surface area contributed by atoms with Crippen LogP contribution < -0.4 is 0 Å². The number of esters is 1. The van der Waals surface area contributed by atoms with Gasteiger partial charge in [-0.1, -0.05) is 6.92 Å². The molecule has 0 radical (unpaired) electrons. The van der Waals surface area contributed by atoms with Crippen LogP contribution in [0.3, 0.4) is 0 Å². The third-order valence-electron chi connectivity index (χ3n) is 1.58. The Balaban J connectivity index is 2.96. The Hall–Kier alpha value is -0.590. The van der Waals surface area contributed by atoms with Gasteiger partial charge in [-0.05, 0) is 29.0 Å². The van der Waals surface area contributed by atoms with Gasteiger partial charge >= 0.3 is 5.97 Å². The van der Waals surface area contributed by atoms with E-state index in [4.69, 9.17) is 0 Å². The molecule has 0 bridgehead atoms. The number of carbonyl (C=O) groups is 1. The molecule has 0 saturated heterocycles. The van der Waals surface area contributed by atoms with Gasteiger partial charge < -0.3 is 4.74 Å². The minimum Gasteiger partial charge on any atom is -0.464 e. The number of aromatic nitrogens is 2. The van der Waals surface area contributed by atoms with E-state index in [-0.39, 0.29) is 5.97 Å². The van der Waals surface area contributed by atoms with E-state index in [1.807, 2.05) is 6.92 Å². The molecule has 0 amide bonds. The molecule has 0 aromatic carbocycles. The van der Waals surface area contributed by atoms with Crippen molar-refractivity contribution in [3.63, 3.8) is 0 Å². The molecule has 4 nitrogen and oxygen atoms in total. The molecule has 1 aromatic heterocycles. The average Bonchev–Trinajstić information content (AvgIpc) is 2.46. The van der Waals surface area contributed by atoms with E-state index < -0.39 is 0 Å². The molecule has 0 N–H and O–H groups in total. The summed E-state index contributed by atoms with van der Waals surface area (Å²) in [6, 6.07) is 1.72. The third kappa shape index (κ3) is 2.43. The van der Waals surface area contributed by atoms with Gasteiger partial charge in [-0.15, -0.1) is 0 Å². The number of halogens is 1. The van der Waals surface area contributed by atoms with Gasteiger partial charge in [0.15, 0.2) is 0 Å². The zero-order valence-electron chi connectivity index (χ0n) is 7.58. The Bertz CT molecular complexity index is 309. The van der Waals surface area contributed by atoms with Crippen LogP contribution in [-0.4, -0.2) is 22.9 Å². The van der Waals surface area contributed by atoms with Gasteiger partial charge in [0.1, 0.15) is 9.39 Å². The van der Waals surface area contributed by atoms with Crippen LogP contribution in [0.2, 0.25) is 0 Å². The second kappa shape index (κ2) is 4.59. The number of hydrogen-bond acceptors (Lipinski definition) is 3. The standard InChI is InChI=1S/C8H11IN2O2/c1-3-4-11-6(8(12)13-2)5-7(9)10-11/h5H,3-4H2,1-2H3. The molecule has 0 unspecified atom stereocenters. The largest absolute Gasteiger partial charge is 0.464 e. The van der Waals surface area contributed by atoms with Gasteiger partial charge in [-0.3, -0.25) is 4.68 Å². The molecule has 13 heavy (non-hydrogen) atoms. The summed E-state index contributed by atoms with van der Waals surface area (Å²) in [7, 11) is 1.37. The van der Waals surface area contributed by atoms with E-state index in [1.54, 1.807) is 10.7 Å². The van der Waals surface area contributed by atoms with Crippen molar-refractivity contribution >= 4 is 28.6 Å². The number of aryl methyl sites for hydroxylation is 1. The molecule has 0 aliphatic rings. The van der Waals surface area contributed by atoms with Crippen molar-refractivity contribution in [1.29, 1.82) is 0 Å². The number of methoxy groups -OCH3 is 1. The second-order valence-electron chi connectivity index (χ2n) is 2.57. The fourth-order valence-electron chi connectivity index (χ4n) is 1.04. The summed E-state index contributed by atoms with van der Waals surface area (Å²) in [6.07, 6.45) is 0.946. The predicted octanol–water partition coefficient (Wildman–Crippen LogP) is 1.68. The normalized spacial score (nSPS) is 10.1. The first-order valence-corrected chi connectivity index (χ1v) is 5.08. The lowest BCUT2D eigenvalue weighted by atomic mass is 10.4. The maximum atomic E-state index is 11.2. The summed E-state index contributed by atoms with van der Waals surface area (Å²) < 4.78 is 7.12. The fraction of sp³-hybridized carbons (Fsp3) is 0.500. The summed E-state index contributed by atoms with van der Waals surface area (Å²) in [6.45, 7) is 2.78. The van der Waals surface area contributed by atoms with Crippen LogP contribution in [0.1, 0.15) is 23.8 Å². The molecule has 5 heteroatoms. The maximum Gasteiger partial charge on any atom is 0.356 e. The lowest BCUT2D eigenvalue weighted by molar-refractivity contribution is 0.0586. The monoisotopic (exact) mass is 294 g/mol. The van der Waals surface area contributed by atoms with Crippen molar-refractivity contribution < 1.29 is 9.53 Å². The van der Waals surface area contributed by atoms with Gasteiger partial charge in [0.05, 0.1) is 7.11 Å². The predicted molar refractivity (Wildman–Crippen MR) is 56.6 cm³/mol. The SMILES string of the molecule is CCCn1nc(I)cc1C(=O)OC. The van der Waals surface area contributed by atoms with Gasteiger partial charge in [0.2, 0.25) is 0 Å². The second-order valence-corrected chi connectivity index (χ2v) is 3.67. The van der Waals surface area contributed by atoms with E-state index in [0.717, 1.165) is 16.7 Å². The molecule has 72 valence electrons. The van der Waals surface area contributed by atoms with Crippen molar-refractivity contribution in [2.24, 2.45) is 0 Å². The highest BCUT2D eigenvalue weighted by Crippen LogP contribution is 2.08. The molecule has 0 saturated carbocycles. The smallest absolute Gasteiger partial charge is 0.356 e. The van der Waals surface area contributed by atoms with Crippen LogP contribution in [0.5, 0.6) is 0 Å². The maximum absolute atomic E-state index is 11.2. The Morgan fingerprint density at radius 2 is 2.46 bits per heavy atom. The first kappa shape index (κ1) is 10.5. The molecule has 0 atom stereocenters. The number of ether oxygens (including phenoxy) is 1. The number of rotatable bonds is 3. The zero-order valence-corrected chi connectivity index (χ0v) is 9.74. The highest BCUT2D eigenvalue weighted by atomic mass is 127. The molecular weight excluding hydrogens is 283 g/mol. The molecular formula is C8H11IN2O2. The van der Waals surface area contributed by atoms with Gasteiger partial charge in [-0.25, -0.2) is 4.79 Å². The fourth-order valence-corrected chi connectivity index (χ4v) is 1.59. The van der Waals surface area contributed by atoms with Gasteiger partial charge in [0, 0.05) is 12.6 Å². The van der Waals surface area contributed by atoms with Crippen molar-refractivity contribution in [3.8, 4) is 0 Å². The van der Waals surface area contributed by atoms with Crippen LogP contribution in [-0.2, 0) is 11.3 Å². The van der Waals surface area contributed by atoms with Crippen LogP contribution in [0, 0.1) is 3.70 Å². The van der Waals surface area contributed by atoms with Crippen LogP contribution in [0.25, 0.3) is 0 Å². The molecule has 1 rings (SSSR count). The number of carbonyl (C=O) groups excluding carboxylic acids is 1. The minimum atomic E-state index is -0.330. The van der Waals surface area contributed by atoms with E-state index in [1.165, 1.54) is 7.11 Å². The van der Waals surface area contributed by atoms with Gasteiger partial charge in [-0.2, -0.15) is 5.10 Å². The van der Waals surface area contributed by atoms with Crippen LogP contribution >= 0.6 is 22.6 Å². The number of nitrogens with zero attached hydrogens (tertiary/aromatic N) is 2. The summed E-state index contributed by atoms with van der Waals surface area (Å²) in [4.78, 5) is 11.2. The van der Waals surface area contributed by atoms with E-state index >= 15 is 0 Å². The zero-order chi connectivity index (χ0) is 9.84. The topological polar surface area (TPSA) is 44.1 Å². The van der Waals surface area contributed by atoms with Gasteiger partial charge in [0.25, 0.3) is 0 Å². The highest BCUT2D eigenvalue weighted by Gasteiger charge is 2.13. The molecule has 0 spiro atoms. The Morgan fingerprint density at radius 1 is 1.77 bits per heavy atom. The van der Waals surface area contributed by atoms with Crippen molar-refractivity contribution in [3.05, 3.63) is 15.5 Å². The van der Waals surface area contributed by atoms with Crippen molar-refractivity contribution in [2.45, 2.75) is 19.9 Å². The lowest BCUT2D eigenvalue weighted by Gasteiger charge is -2.02. The van der Waals surface area contributed by atoms with Crippen molar-refractivity contribution in [1.82, 2.24) is 9.78 Å². The van der Waals surface area contributed by atoms with Crippen molar-refractivity contribution in [2.75, 3.05) is 7.11 Å². The van der Waals surface area contributed by atoms with Crippen LogP contribution in [0.4, 0.5) is 0 Å². The number of hydrogen-bond donors (Lipinski definition) is 0. The summed E-state index contributed by atoms with van der Waals surface area (Å²) in [5, 5.41) is 4.17. The average molecular weight is 294 g/mol. The third-order valence-corrected chi connectivity index (χ3v) is 2.11. The Morgan fingerprint density at radius 3 is 3.00 bits per heavy atom. The van der Waals surface area contributed by atoms with Crippen LogP contribution in [0.15, 0.2) is 6.07 Å². The molecule has 1 heterocycles. The minimum absolute atomic E-state index is 0.330. The molecule has 0 fully saturated rings. The Labute approximate surface area is 90.4 Å². The summed E-state index contributed by atoms with van der Waals surface area (Å²) in [5.74, 6) is -0.330. The molecule has 1 aromatic rings.